The van der Waals surface area contributed by atoms with Crippen molar-refractivity contribution in [3.8, 4) is 5.69 Å². The Morgan fingerprint density at radius 3 is 2.51 bits per heavy atom. The van der Waals surface area contributed by atoms with Crippen molar-refractivity contribution < 1.29 is 14.3 Å². The maximum absolute atomic E-state index is 12.9. The molecule has 2 aromatic heterocycles. The van der Waals surface area contributed by atoms with Gasteiger partial charge in [0.25, 0.3) is 0 Å². The van der Waals surface area contributed by atoms with Gasteiger partial charge in [0.1, 0.15) is 0 Å². The highest BCUT2D eigenvalue weighted by molar-refractivity contribution is 7.80. The highest BCUT2D eigenvalue weighted by Gasteiger charge is 2.41. The van der Waals surface area contributed by atoms with E-state index in [9.17, 15) is 9.59 Å². The maximum atomic E-state index is 12.9. The Morgan fingerprint density at radius 1 is 1.02 bits per heavy atom. The largest absolute Gasteiger partial charge is 0.465 e. The average molecular weight is 568 g/mol. The van der Waals surface area contributed by atoms with Gasteiger partial charge in [0.15, 0.2) is 5.11 Å². The van der Waals surface area contributed by atoms with Crippen LogP contribution in [0.1, 0.15) is 57.1 Å². The van der Waals surface area contributed by atoms with Gasteiger partial charge >= 0.3 is 5.97 Å². The van der Waals surface area contributed by atoms with Crippen molar-refractivity contribution in [2.75, 3.05) is 19.0 Å². The van der Waals surface area contributed by atoms with E-state index in [2.05, 4.69) is 38.1 Å². The van der Waals surface area contributed by atoms with E-state index in [0.29, 0.717) is 17.2 Å². The number of nitrogens with one attached hydrogen (secondary N) is 2. The maximum Gasteiger partial charge on any atom is 0.337 e. The third-order valence-electron chi connectivity index (χ3n) is 7.43. The molecule has 2 atom stereocenters. The number of nitrogens with zero attached hydrogens (tertiary/aromatic N) is 3. The SMILES string of the molecule is COC(=O)c1cccc(-n2c(C)cc([C@@H]3[C@@H](c4ccccn4)NC(=S)N3CCC(=O)Nc3ccc(C)cc3)c2C)c1. The molecule has 0 aliphatic carbocycles. The lowest BCUT2D eigenvalue weighted by atomic mass is 9.96. The lowest BCUT2D eigenvalue weighted by molar-refractivity contribution is -0.116. The number of benzene rings is 2. The van der Waals surface area contributed by atoms with Crippen LogP contribution in [-0.4, -0.2) is 45.1 Å². The Balaban J connectivity index is 1.48. The highest BCUT2D eigenvalue weighted by Crippen LogP contribution is 2.41. The van der Waals surface area contributed by atoms with Crippen molar-refractivity contribution in [3.63, 3.8) is 0 Å². The minimum Gasteiger partial charge on any atom is -0.465 e. The summed E-state index contributed by atoms with van der Waals surface area (Å²) in [5, 5.41) is 7.03. The smallest absolute Gasteiger partial charge is 0.337 e. The van der Waals surface area contributed by atoms with Gasteiger partial charge in [0, 0.05) is 41.9 Å². The molecule has 9 heteroatoms. The molecule has 0 saturated carbocycles. The zero-order chi connectivity index (χ0) is 29.1. The molecule has 2 aromatic carbocycles. The topological polar surface area (TPSA) is 88.5 Å². The second kappa shape index (κ2) is 11.9. The Kier molecular flexibility index (Phi) is 8.16. The third kappa shape index (κ3) is 5.85. The van der Waals surface area contributed by atoms with Crippen LogP contribution in [0.5, 0.6) is 0 Å². The fourth-order valence-electron chi connectivity index (χ4n) is 5.44. The van der Waals surface area contributed by atoms with Crippen LogP contribution in [0.3, 0.4) is 0 Å². The molecule has 0 radical (unpaired) electrons. The van der Waals surface area contributed by atoms with Gasteiger partial charge in [-0.2, -0.15) is 0 Å². The van der Waals surface area contributed by atoms with Gasteiger partial charge in [-0.3, -0.25) is 9.78 Å². The number of methoxy groups -OCH3 is 1. The summed E-state index contributed by atoms with van der Waals surface area (Å²) < 4.78 is 7.06. The van der Waals surface area contributed by atoms with Gasteiger partial charge in [-0.1, -0.05) is 29.8 Å². The van der Waals surface area contributed by atoms with Crippen molar-refractivity contribution in [2.45, 2.75) is 39.3 Å². The van der Waals surface area contributed by atoms with Gasteiger partial charge < -0.3 is 24.8 Å². The summed E-state index contributed by atoms with van der Waals surface area (Å²) in [4.78, 5) is 31.9. The first-order chi connectivity index (χ1) is 19.8. The summed E-state index contributed by atoms with van der Waals surface area (Å²) in [6, 6.07) is 22.7. The molecule has 1 aliphatic rings. The monoisotopic (exact) mass is 567 g/mol. The number of carbonyl (C=O) groups excluding carboxylic acids is 2. The summed E-state index contributed by atoms with van der Waals surface area (Å²) in [5.74, 6) is -0.466. The zero-order valence-corrected chi connectivity index (χ0v) is 24.4. The van der Waals surface area contributed by atoms with Crippen LogP contribution in [0.25, 0.3) is 5.69 Å². The van der Waals surface area contributed by atoms with Gasteiger partial charge in [-0.25, -0.2) is 4.79 Å². The number of thiocarbonyl (C=S) groups is 1. The number of carbonyl (C=O) groups is 2. The van der Waals surface area contributed by atoms with E-state index in [1.807, 2.05) is 74.5 Å². The van der Waals surface area contributed by atoms with E-state index in [1.165, 1.54) is 7.11 Å². The minimum atomic E-state index is -0.384. The molecule has 0 unspecified atom stereocenters. The second-order valence-electron chi connectivity index (χ2n) is 10.2. The number of esters is 1. The van der Waals surface area contributed by atoms with Crippen LogP contribution in [0.15, 0.2) is 79.0 Å². The van der Waals surface area contributed by atoms with Crippen LogP contribution < -0.4 is 10.6 Å². The zero-order valence-electron chi connectivity index (χ0n) is 23.5. The minimum absolute atomic E-state index is 0.0817. The highest BCUT2D eigenvalue weighted by atomic mass is 32.1. The lowest BCUT2D eigenvalue weighted by Gasteiger charge is -2.28. The Bertz CT molecular complexity index is 1580. The van der Waals surface area contributed by atoms with E-state index in [-0.39, 0.29) is 30.4 Å². The molecule has 210 valence electrons. The molecule has 5 rings (SSSR count). The fourth-order valence-corrected chi connectivity index (χ4v) is 5.77. The van der Waals surface area contributed by atoms with Crippen molar-refractivity contribution >= 4 is 34.9 Å². The second-order valence-corrected chi connectivity index (χ2v) is 10.6. The summed E-state index contributed by atoms with van der Waals surface area (Å²) in [5.41, 5.74) is 7.19. The van der Waals surface area contributed by atoms with Crippen molar-refractivity contribution in [1.82, 2.24) is 19.8 Å². The van der Waals surface area contributed by atoms with Crippen LogP contribution >= 0.6 is 12.2 Å². The molecule has 1 aliphatic heterocycles. The molecule has 0 spiro atoms. The number of anilines is 1. The Labute approximate surface area is 245 Å². The summed E-state index contributed by atoms with van der Waals surface area (Å²) >= 11 is 5.82. The van der Waals surface area contributed by atoms with Crippen molar-refractivity contribution in [2.24, 2.45) is 0 Å². The Morgan fingerprint density at radius 2 is 1.80 bits per heavy atom. The quantitative estimate of drug-likeness (QED) is 0.212. The molecule has 8 nitrogen and oxygen atoms in total. The number of hydrogen-bond acceptors (Lipinski definition) is 5. The van der Waals surface area contributed by atoms with E-state index < -0.39 is 0 Å². The van der Waals surface area contributed by atoms with Crippen LogP contribution in [0, 0.1) is 20.8 Å². The molecule has 1 saturated heterocycles. The molecule has 41 heavy (non-hydrogen) atoms. The number of aryl methyl sites for hydroxylation is 2. The van der Waals surface area contributed by atoms with E-state index in [0.717, 1.165) is 39.6 Å². The number of pyridine rings is 1. The van der Waals surface area contributed by atoms with E-state index in [4.69, 9.17) is 17.0 Å². The molecule has 1 amide bonds. The summed E-state index contributed by atoms with van der Waals surface area (Å²) in [6.45, 7) is 6.54. The fraction of sp³-hybridized carbons (Fsp3) is 0.250. The molecule has 3 heterocycles. The van der Waals surface area contributed by atoms with E-state index >= 15 is 0 Å². The summed E-state index contributed by atoms with van der Waals surface area (Å²) in [7, 11) is 1.38. The molecule has 0 bridgehead atoms. The molecule has 1 fully saturated rings. The van der Waals surface area contributed by atoms with Gasteiger partial charge in [0.05, 0.1) is 30.5 Å². The number of hydrogen-bond donors (Lipinski definition) is 2. The number of amides is 1. The summed E-state index contributed by atoms with van der Waals surface area (Å²) in [6.07, 6.45) is 2.04. The van der Waals surface area contributed by atoms with Crippen LogP contribution in [0.4, 0.5) is 5.69 Å². The van der Waals surface area contributed by atoms with Crippen molar-refractivity contribution in [1.29, 1.82) is 0 Å². The average Bonchev–Trinajstić information content (AvgIpc) is 3.47. The predicted molar refractivity (Wildman–Crippen MR) is 163 cm³/mol. The van der Waals surface area contributed by atoms with Gasteiger partial charge in [-0.05, 0) is 87.1 Å². The number of aromatic nitrogens is 2. The third-order valence-corrected chi connectivity index (χ3v) is 7.78. The first-order valence-corrected chi connectivity index (χ1v) is 13.9. The standard InChI is InChI=1S/C32H33N5O3S/c1-20-11-13-24(14-12-20)34-28(38)15-17-36-30(29(35-32(36)41)27-10-5-6-16-33-27)26-18-21(2)37(22(26)3)25-9-7-8-23(19-25)31(39)40-4/h5-14,16,18-19,29-30H,15,17H2,1-4H3,(H,34,38)(H,35,41)/t29-,30-/m1/s1. The lowest BCUT2D eigenvalue weighted by Crippen LogP contribution is -2.32. The number of ether oxygens (including phenoxy) is 1. The predicted octanol–water partition coefficient (Wildman–Crippen LogP) is 5.59. The molecule has 2 N–H and O–H groups in total. The van der Waals surface area contributed by atoms with Gasteiger partial charge in [-0.15, -0.1) is 0 Å². The first-order valence-electron chi connectivity index (χ1n) is 13.5. The van der Waals surface area contributed by atoms with E-state index in [1.54, 1.807) is 12.3 Å². The van der Waals surface area contributed by atoms with Crippen molar-refractivity contribution in [3.05, 3.63) is 113 Å². The van der Waals surface area contributed by atoms with Crippen LogP contribution in [-0.2, 0) is 9.53 Å². The molecular weight excluding hydrogens is 534 g/mol. The first kappa shape index (κ1) is 28.0. The normalized spacial score (nSPS) is 16.4. The molecule has 4 aromatic rings. The Hall–Kier alpha value is -4.50. The molecular formula is C32H33N5O3S. The van der Waals surface area contributed by atoms with Crippen LogP contribution in [0.2, 0.25) is 0 Å². The number of rotatable bonds is 8. The van der Waals surface area contributed by atoms with Gasteiger partial charge in [0.2, 0.25) is 5.91 Å².